The number of halogens is 1. The quantitative estimate of drug-likeness (QED) is 0.0752. The highest BCUT2D eigenvalue weighted by Crippen LogP contribution is 2.41. The second kappa shape index (κ2) is 19.8. The maximum atomic E-state index is 15.0. The first-order chi connectivity index (χ1) is 31.0. The van der Waals surface area contributed by atoms with Crippen molar-refractivity contribution < 1.29 is 47.9 Å². The number of unbranched alkanes of at least 4 members (excludes halogenated alkanes) is 1. The number of fused-ring (bicyclic) bond motifs is 1. The van der Waals surface area contributed by atoms with Crippen LogP contribution in [-0.4, -0.2) is 127 Å². The molecule has 0 radical (unpaired) electrons. The number of amides is 8. The van der Waals surface area contributed by atoms with E-state index in [9.17, 15) is 43.5 Å². The smallest absolute Gasteiger partial charge is 0.264 e. The normalized spacial score (nSPS) is 20.5. The van der Waals surface area contributed by atoms with Crippen LogP contribution in [-0.2, 0) is 35.3 Å². The molecule has 4 heterocycles. The van der Waals surface area contributed by atoms with Crippen LogP contribution in [0.3, 0.4) is 0 Å². The molecule has 0 bridgehead atoms. The standard InChI is InChI=1S/C45H53FN8O9S2/c1-25-36(64-24-50-25)27-12-10-26(11-13-27)22-49-38(58)32-21-28(55)23-53(32)42(62)37(52-43(63)45(46)16-17-45)44(2,3)65-20-5-4-9-33(56)48-19-18-47-30-8-6-7-29-35(30)41(61)54(40(29)60)31-14-15-34(57)51-39(31)59/h6-8,10-13,24,28,31-32,37,47,55H,4-5,9,14-23H2,1-3H3,(H,48,56)(H,49,58)(H,52,63)(H,51,57,59)/t28-,31?,32+,37-/m1/s1. The van der Waals surface area contributed by atoms with Gasteiger partial charge in [-0.1, -0.05) is 30.3 Å². The van der Waals surface area contributed by atoms with E-state index in [1.165, 1.54) is 22.7 Å². The minimum Gasteiger partial charge on any atom is -0.391 e. The van der Waals surface area contributed by atoms with E-state index in [4.69, 9.17) is 0 Å². The molecule has 4 atom stereocenters. The summed E-state index contributed by atoms with van der Waals surface area (Å²) in [6.07, 6.45) is 0.417. The fraction of sp³-hybridized carbons (Fsp3) is 0.489. The van der Waals surface area contributed by atoms with Gasteiger partial charge in [0.15, 0.2) is 5.67 Å². The number of thioether (sulfide) groups is 1. The predicted octanol–water partition coefficient (Wildman–Crippen LogP) is 3.00. The Kier molecular flexibility index (Phi) is 14.4. The number of carbonyl (C=O) groups excluding carboxylic acids is 8. The Labute approximate surface area is 383 Å². The topological polar surface area (TPSA) is 236 Å². The van der Waals surface area contributed by atoms with Gasteiger partial charge >= 0.3 is 0 Å². The van der Waals surface area contributed by atoms with Crippen molar-refractivity contribution in [2.45, 2.75) is 113 Å². The number of hydrogen-bond donors (Lipinski definition) is 6. The van der Waals surface area contributed by atoms with E-state index in [1.54, 1.807) is 42.8 Å². The molecule has 3 aliphatic heterocycles. The number of alkyl halides is 1. The van der Waals surface area contributed by atoms with Crippen LogP contribution in [0.15, 0.2) is 48.0 Å². The Balaban J connectivity index is 0.876. The van der Waals surface area contributed by atoms with E-state index in [2.05, 4.69) is 31.6 Å². The monoisotopic (exact) mass is 932 g/mol. The lowest BCUT2D eigenvalue weighted by atomic mass is 10.00. The fourth-order valence-electron chi connectivity index (χ4n) is 8.22. The molecule has 17 nitrogen and oxygen atoms in total. The molecule has 6 N–H and O–H groups in total. The summed E-state index contributed by atoms with van der Waals surface area (Å²) in [7, 11) is 0. The maximum absolute atomic E-state index is 15.0. The lowest BCUT2D eigenvalue weighted by Gasteiger charge is -2.37. The van der Waals surface area contributed by atoms with Gasteiger partial charge in [0, 0.05) is 55.9 Å². The second-order valence-corrected chi connectivity index (χ2v) is 19.9. The molecule has 346 valence electrons. The van der Waals surface area contributed by atoms with E-state index < -0.39 is 76.0 Å². The average molecular weight is 933 g/mol. The molecule has 1 aliphatic carbocycles. The number of benzene rings is 2. The molecular formula is C45H53FN8O9S2. The Morgan fingerprint density at radius 3 is 2.48 bits per heavy atom. The summed E-state index contributed by atoms with van der Waals surface area (Å²) in [4.78, 5) is 112. The lowest BCUT2D eigenvalue weighted by Crippen LogP contribution is -2.61. The number of aromatic nitrogens is 1. The number of anilines is 1. The van der Waals surface area contributed by atoms with Gasteiger partial charge in [0.1, 0.15) is 18.1 Å². The van der Waals surface area contributed by atoms with Crippen LogP contribution in [0.1, 0.15) is 97.2 Å². The number of nitrogens with one attached hydrogen (secondary N) is 5. The van der Waals surface area contributed by atoms with Gasteiger partial charge in [0.05, 0.1) is 33.3 Å². The third kappa shape index (κ3) is 10.7. The van der Waals surface area contributed by atoms with E-state index in [1.807, 2.05) is 31.2 Å². The summed E-state index contributed by atoms with van der Waals surface area (Å²) >= 11 is 2.91. The molecular weight excluding hydrogens is 880 g/mol. The molecule has 8 amide bonds. The van der Waals surface area contributed by atoms with Crippen molar-refractivity contribution >= 4 is 76.0 Å². The number of hydrogen-bond acceptors (Lipinski definition) is 13. The molecule has 7 rings (SSSR count). The van der Waals surface area contributed by atoms with Crippen LogP contribution in [0.25, 0.3) is 10.4 Å². The zero-order valence-electron chi connectivity index (χ0n) is 36.4. The van der Waals surface area contributed by atoms with Crippen LogP contribution >= 0.6 is 23.1 Å². The van der Waals surface area contributed by atoms with Gasteiger partial charge in [-0.05, 0) is 81.9 Å². The number of carbonyl (C=O) groups is 8. The summed E-state index contributed by atoms with van der Waals surface area (Å²) in [6, 6.07) is 9.11. The SMILES string of the molecule is Cc1ncsc1-c1ccc(CNC(=O)[C@@H]2C[C@@H](O)CN2C(=O)[C@@H](NC(=O)C2(F)CC2)C(C)(C)SCCCCC(=O)NCCNc2cccc3c2C(=O)N(C2CCC(=O)NC2=O)C3=O)cc1. The van der Waals surface area contributed by atoms with Crippen molar-refractivity contribution in [2.75, 3.05) is 30.7 Å². The molecule has 65 heavy (non-hydrogen) atoms. The van der Waals surface area contributed by atoms with Gasteiger partial charge < -0.3 is 31.3 Å². The molecule has 3 fully saturated rings. The second-order valence-electron chi connectivity index (χ2n) is 17.3. The highest BCUT2D eigenvalue weighted by Gasteiger charge is 2.54. The van der Waals surface area contributed by atoms with Crippen LogP contribution in [0.5, 0.6) is 0 Å². The van der Waals surface area contributed by atoms with Crippen LogP contribution in [0, 0.1) is 6.92 Å². The Morgan fingerprint density at radius 2 is 1.78 bits per heavy atom. The number of thiazole rings is 1. The number of β-amino-alcohol motifs (C(OH)–C–C–N with tert-alkyl or cyclic N) is 1. The molecule has 1 aromatic heterocycles. The van der Waals surface area contributed by atoms with Crippen molar-refractivity contribution in [3.63, 3.8) is 0 Å². The fourth-order valence-corrected chi connectivity index (χ4v) is 10.2. The number of aliphatic hydroxyl groups excluding tert-OH is 1. The predicted molar refractivity (Wildman–Crippen MR) is 240 cm³/mol. The van der Waals surface area contributed by atoms with Gasteiger partial charge in [-0.3, -0.25) is 48.6 Å². The number of likely N-dealkylation sites (tertiary alicyclic amines) is 1. The van der Waals surface area contributed by atoms with E-state index >= 15 is 4.39 Å². The Hall–Kier alpha value is -5.73. The molecule has 1 unspecified atom stereocenters. The third-order valence-electron chi connectivity index (χ3n) is 12.1. The summed E-state index contributed by atoms with van der Waals surface area (Å²) in [6.45, 7) is 5.94. The first-order valence-corrected chi connectivity index (χ1v) is 23.6. The van der Waals surface area contributed by atoms with Crippen LogP contribution in [0.2, 0.25) is 0 Å². The minimum atomic E-state index is -2.06. The van der Waals surface area contributed by atoms with Gasteiger partial charge in [-0.2, -0.15) is 11.8 Å². The molecule has 3 aromatic rings. The van der Waals surface area contributed by atoms with Crippen molar-refractivity contribution in [1.82, 2.24) is 36.1 Å². The van der Waals surface area contributed by atoms with Gasteiger partial charge in [0.25, 0.3) is 17.7 Å². The lowest BCUT2D eigenvalue weighted by molar-refractivity contribution is -0.143. The highest BCUT2D eigenvalue weighted by atomic mass is 32.2. The summed E-state index contributed by atoms with van der Waals surface area (Å²) in [5.41, 5.74) is 3.13. The summed E-state index contributed by atoms with van der Waals surface area (Å²) < 4.78 is 14.0. The zero-order valence-corrected chi connectivity index (χ0v) is 38.0. The van der Waals surface area contributed by atoms with E-state index in [-0.39, 0.29) is 81.7 Å². The first kappa shape index (κ1) is 47.2. The third-order valence-corrected chi connectivity index (χ3v) is 14.6. The van der Waals surface area contributed by atoms with Crippen LogP contribution in [0.4, 0.5) is 10.1 Å². The minimum absolute atomic E-state index is 0.000706. The number of rotatable bonds is 19. The van der Waals surface area contributed by atoms with Crippen molar-refractivity contribution in [1.29, 1.82) is 0 Å². The Bertz CT molecular complexity index is 2370. The van der Waals surface area contributed by atoms with Crippen molar-refractivity contribution in [2.24, 2.45) is 0 Å². The number of imide groups is 2. The Morgan fingerprint density at radius 1 is 1.03 bits per heavy atom. The molecule has 0 spiro atoms. The zero-order chi connectivity index (χ0) is 46.6. The average Bonchev–Trinajstić information content (AvgIpc) is 3.55. The van der Waals surface area contributed by atoms with Crippen molar-refractivity contribution in [3.8, 4) is 10.4 Å². The molecule has 4 aliphatic rings. The molecule has 1 saturated carbocycles. The van der Waals surface area contributed by atoms with Crippen molar-refractivity contribution in [3.05, 3.63) is 70.4 Å². The highest BCUT2D eigenvalue weighted by molar-refractivity contribution is 8.00. The molecule has 2 saturated heterocycles. The van der Waals surface area contributed by atoms with E-state index in [0.717, 1.165) is 26.6 Å². The largest absolute Gasteiger partial charge is 0.391 e. The summed E-state index contributed by atoms with van der Waals surface area (Å²) in [5.74, 6) is -4.10. The van der Waals surface area contributed by atoms with Gasteiger partial charge in [-0.15, -0.1) is 11.3 Å². The maximum Gasteiger partial charge on any atom is 0.264 e. The number of aryl methyl sites for hydroxylation is 1. The van der Waals surface area contributed by atoms with Gasteiger partial charge in [0.2, 0.25) is 29.5 Å². The number of aliphatic hydroxyl groups is 1. The van der Waals surface area contributed by atoms with Gasteiger partial charge in [-0.25, -0.2) is 9.37 Å². The summed E-state index contributed by atoms with van der Waals surface area (Å²) in [5, 5.41) is 24.3. The number of nitrogens with zero attached hydrogens (tertiary/aromatic N) is 3. The van der Waals surface area contributed by atoms with Crippen LogP contribution < -0.4 is 26.6 Å². The molecule has 2 aromatic carbocycles. The first-order valence-electron chi connectivity index (χ1n) is 21.7. The molecule has 20 heteroatoms. The van der Waals surface area contributed by atoms with E-state index in [0.29, 0.717) is 24.3 Å². The number of piperidine rings is 1.